The summed E-state index contributed by atoms with van der Waals surface area (Å²) < 4.78 is 18.2. The molecule has 0 radical (unpaired) electrons. The molecule has 0 spiro atoms. The lowest BCUT2D eigenvalue weighted by atomic mass is 10.1. The third-order valence-corrected chi connectivity index (χ3v) is 2.94. The van der Waals surface area contributed by atoms with Gasteiger partial charge in [0.15, 0.2) is 11.6 Å². The predicted molar refractivity (Wildman–Crippen MR) is 76.5 cm³/mol. The number of methoxy groups -OCH3 is 1. The number of benzene rings is 2. The van der Waals surface area contributed by atoms with Crippen molar-refractivity contribution >= 4 is 17.3 Å². The molecule has 0 aliphatic heterocycles. The number of anilines is 2. The van der Waals surface area contributed by atoms with Crippen molar-refractivity contribution in [2.75, 3.05) is 18.2 Å². The number of nitrogens with two attached hydrogens (primary N) is 1. The summed E-state index contributed by atoms with van der Waals surface area (Å²) in [6.45, 7) is 1.80. The number of nitrogen functional groups attached to an aromatic ring is 1. The van der Waals surface area contributed by atoms with Gasteiger partial charge >= 0.3 is 0 Å². The zero-order chi connectivity index (χ0) is 14.7. The van der Waals surface area contributed by atoms with Gasteiger partial charge in [0.25, 0.3) is 5.91 Å². The minimum Gasteiger partial charge on any atom is -0.494 e. The Hall–Kier alpha value is -2.56. The second kappa shape index (κ2) is 5.61. The number of aryl methyl sites for hydroxylation is 1. The van der Waals surface area contributed by atoms with Crippen LogP contribution in [0.4, 0.5) is 15.8 Å². The molecular weight excluding hydrogens is 259 g/mol. The minimum absolute atomic E-state index is 0.0700. The van der Waals surface area contributed by atoms with E-state index in [-0.39, 0.29) is 11.7 Å². The van der Waals surface area contributed by atoms with E-state index < -0.39 is 5.82 Å². The predicted octanol–water partition coefficient (Wildman–Crippen LogP) is 2.98. The lowest BCUT2D eigenvalue weighted by Crippen LogP contribution is -2.15. The number of nitrogens with one attached hydrogen (secondary N) is 1. The molecule has 0 fully saturated rings. The topological polar surface area (TPSA) is 64.3 Å². The number of halogens is 1. The summed E-state index contributed by atoms with van der Waals surface area (Å²) in [6, 6.07) is 9.35. The van der Waals surface area contributed by atoms with Crippen LogP contribution in [0.25, 0.3) is 0 Å². The Morgan fingerprint density at radius 3 is 2.70 bits per heavy atom. The molecular formula is C15H15FN2O2. The summed E-state index contributed by atoms with van der Waals surface area (Å²) in [5, 5.41) is 2.68. The molecule has 20 heavy (non-hydrogen) atoms. The van der Waals surface area contributed by atoms with E-state index in [1.807, 2.05) is 0 Å². The van der Waals surface area contributed by atoms with Crippen molar-refractivity contribution in [2.24, 2.45) is 0 Å². The average molecular weight is 274 g/mol. The van der Waals surface area contributed by atoms with Crippen molar-refractivity contribution in [1.82, 2.24) is 0 Å². The second-order valence-corrected chi connectivity index (χ2v) is 4.34. The van der Waals surface area contributed by atoms with Crippen LogP contribution in [0.15, 0.2) is 36.4 Å². The highest BCUT2D eigenvalue weighted by Gasteiger charge is 2.13. The first-order valence-electron chi connectivity index (χ1n) is 6.03. The van der Waals surface area contributed by atoms with Crippen LogP contribution in [0.3, 0.4) is 0 Å². The molecule has 2 aromatic rings. The fourth-order valence-electron chi connectivity index (χ4n) is 1.93. The van der Waals surface area contributed by atoms with E-state index in [0.717, 1.165) is 5.56 Å². The molecule has 0 saturated carbocycles. The van der Waals surface area contributed by atoms with Crippen molar-refractivity contribution in [3.63, 3.8) is 0 Å². The molecule has 0 heterocycles. The molecule has 2 rings (SSSR count). The van der Waals surface area contributed by atoms with E-state index in [0.29, 0.717) is 16.9 Å². The molecule has 104 valence electrons. The molecule has 0 aliphatic carbocycles. The summed E-state index contributed by atoms with van der Waals surface area (Å²) in [5.74, 6) is -0.754. The van der Waals surface area contributed by atoms with Gasteiger partial charge in [0.2, 0.25) is 0 Å². The largest absolute Gasteiger partial charge is 0.494 e. The monoisotopic (exact) mass is 274 g/mol. The number of amides is 1. The van der Waals surface area contributed by atoms with Gasteiger partial charge in [0.05, 0.1) is 12.7 Å². The average Bonchev–Trinajstić information content (AvgIpc) is 2.40. The number of hydrogen-bond donors (Lipinski definition) is 2. The van der Waals surface area contributed by atoms with Gasteiger partial charge in [0, 0.05) is 17.4 Å². The van der Waals surface area contributed by atoms with Gasteiger partial charge in [0.1, 0.15) is 0 Å². The van der Waals surface area contributed by atoms with E-state index >= 15 is 0 Å². The van der Waals surface area contributed by atoms with Crippen molar-refractivity contribution in [2.45, 2.75) is 6.92 Å². The first kappa shape index (κ1) is 13.9. The Labute approximate surface area is 116 Å². The number of carbonyl (C=O) groups excluding carboxylic acids is 1. The normalized spacial score (nSPS) is 10.2. The maximum absolute atomic E-state index is 13.3. The van der Waals surface area contributed by atoms with Gasteiger partial charge in [-0.2, -0.15) is 0 Å². The van der Waals surface area contributed by atoms with E-state index in [1.165, 1.54) is 25.3 Å². The number of carbonyl (C=O) groups is 1. The van der Waals surface area contributed by atoms with E-state index in [9.17, 15) is 9.18 Å². The fourth-order valence-corrected chi connectivity index (χ4v) is 1.93. The van der Waals surface area contributed by atoms with Gasteiger partial charge < -0.3 is 15.8 Å². The molecule has 0 aliphatic rings. The zero-order valence-corrected chi connectivity index (χ0v) is 11.2. The first-order valence-corrected chi connectivity index (χ1v) is 6.03. The van der Waals surface area contributed by atoms with Crippen LogP contribution in [-0.4, -0.2) is 13.0 Å². The molecule has 0 aromatic heterocycles. The van der Waals surface area contributed by atoms with Crippen LogP contribution in [-0.2, 0) is 0 Å². The van der Waals surface area contributed by atoms with E-state index in [1.54, 1.807) is 25.1 Å². The van der Waals surface area contributed by atoms with Gasteiger partial charge in [-0.05, 0) is 30.7 Å². The molecule has 3 N–H and O–H groups in total. The standard InChI is InChI=1S/C15H15FN2O2/c1-9-4-3-5-12(17)14(9)15(19)18-10-6-7-11(16)13(8-10)20-2/h3-8H,17H2,1-2H3,(H,18,19). The quantitative estimate of drug-likeness (QED) is 0.846. The van der Waals surface area contributed by atoms with Gasteiger partial charge in [-0.15, -0.1) is 0 Å². The lowest BCUT2D eigenvalue weighted by molar-refractivity contribution is 0.102. The van der Waals surface area contributed by atoms with Crippen molar-refractivity contribution in [1.29, 1.82) is 0 Å². The van der Waals surface area contributed by atoms with Crippen molar-refractivity contribution in [3.8, 4) is 5.75 Å². The van der Waals surface area contributed by atoms with Crippen LogP contribution < -0.4 is 15.8 Å². The fraction of sp³-hybridized carbons (Fsp3) is 0.133. The highest BCUT2D eigenvalue weighted by atomic mass is 19.1. The highest BCUT2D eigenvalue weighted by Crippen LogP contribution is 2.23. The van der Waals surface area contributed by atoms with Crippen molar-refractivity contribution < 1.29 is 13.9 Å². The SMILES string of the molecule is COc1cc(NC(=O)c2c(C)cccc2N)ccc1F. The third kappa shape index (κ3) is 2.71. The summed E-state index contributed by atoms with van der Waals surface area (Å²) in [4.78, 5) is 12.2. The third-order valence-electron chi connectivity index (χ3n) is 2.94. The molecule has 0 saturated heterocycles. The summed E-state index contributed by atoms with van der Waals surface area (Å²) in [5.41, 5.74) is 7.84. The maximum atomic E-state index is 13.3. The van der Waals surface area contributed by atoms with Crippen LogP contribution in [0.5, 0.6) is 5.75 Å². The van der Waals surface area contributed by atoms with Crippen LogP contribution >= 0.6 is 0 Å². The molecule has 4 nitrogen and oxygen atoms in total. The summed E-state index contributed by atoms with van der Waals surface area (Å²) in [6.07, 6.45) is 0. The van der Waals surface area contributed by atoms with Crippen LogP contribution in [0, 0.1) is 12.7 Å². The molecule has 1 amide bonds. The first-order chi connectivity index (χ1) is 9.52. The molecule has 2 aromatic carbocycles. The highest BCUT2D eigenvalue weighted by molar-refractivity contribution is 6.08. The Morgan fingerprint density at radius 1 is 1.30 bits per heavy atom. The molecule has 0 atom stereocenters. The lowest BCUT2D eigenvalue weighted by Gasteiger charge is -2.11. The zero-order valence-electron chi connectivity index (χ0n) is 11.2. The molecule has 5 heteroatoms. The van der Waals surface area contributed by atoms with Gasteiger partial charge in [-0.25, -0.2) is 4.39 Å². The van der Waals surface area contributed by atoms with Crippen molar-refractivity contribution in [3.05, 3.63) is 53.3 Å². The maximum Gasteiger partial charge on any atom is 0.258 e. The summed E-state index contributed by atoms with van der Waals surface area (Å²) >= 11 is 0. The molecule has 0 bridgehead atoms. The minimum atomic E-state index is -0.485. The summed E-state index contributed by atoms with van der Waals surface area (Å²) in [7, 11) is 1.36. The Bertz CT molecular complexity index is 636. The molecule has 0 unspecified atom stereocenters. The second-order valence-electron chi connectivity index (χ2n) is 4.34. The smallest absolute Gasteiger partial charge is 0.258 e. The van der Waals surface area contributed by atoms with Gasteiger partial charge in [-0.3, -0.25) is 4.79 Å². The number of rotatable bonds is 3. The van der Waals surface area contributed by atoms with Gasteiger partial charge in [-0.1, -0.05) is 12.1 Å². The van der Waals surface area contributed by atoms with E-state index in [4.69, 9.17) is 10.5 Å². The van der Waals surface area contributed by atoms with E-state index in [2.05, 4.69) is 5.32 Å². The van der Waals surface area contributed by atoms with Crippen LogP contribution in [0.2, 0.25) is 0 Å². The Morgan fingerprint density at radius 2 is 2.05 bits per heavy atom. The number of ether oxygens (including phenoxy) is 1. The van der Waals surface area contributed by atoms with Crippen LogP contribution in [0.1, 0.15) is 15.9 Å². The Kier molecular flexibility index (Phi) is 3.89. The number of hydrogen-bond acceptors (Lipinski definition) is 3. The Balaban J connectivity index is 2.28.